The van der Waals surface area contributed by atoms with Crippen molar-refractivity contribution in [1.29, 1.82) is 0 Å². The highest BCUT2D eigenvalue weighted by atomic mass is 35.5. The van der Waals surface area contributed by atoms with Crippen molar-refractivity contribution in [3.8, 4) is 0 Å². The molecule has 0 saturated carbocycles. The minimum absolute atomic E-state index is 0.120. The topological polar surface area (TPSA) is 54.3 Å². The van der Waals surface area contributed by atoms with Gasteiger partial charge < -0.3 is 14.4 Å². The van der Waals surface area contributed by atoms with Crippen LogP contribution in [0.25, 0.3) is 0 Å². The molecule has 0 aromatic carbocycles. The normalized spacial score (nSPS) is 18.0. The molecule has 1 amide bonds. The van der Waals surface area contributed by atoms with E-state index in [-0.39, 0.29) is 5.91 Å². The fraction of sp³-hybridized carbons (Fsp3) is 0.438. The van der Waals surface area contributed by atoms with Crippen molar-refractivity contribution in [3.63, 3.8) is 0 Å². The van der Waals surface area contributed by atoms with Crippen LogP contribution in [0.5, 0.6) is 0 Å². The third-order valence-electron chi connectivity index (χ3n) is 4.17. The van der Waals surface area contributed by atoms with Gasteiger partial charge in [-0.1, -0.05) is 11.6 Å². The number of pyridine rings is 1. The Bertz CT molecular complexity index is 643. The number of halogens is 1. The van der Waals surface area contributed by atoms with Crippen LogP contribution in [0.3, 0.4) is 0 Å². The molecule has 0 N–H and O–H groups in total. The first kappa shape index (κ1) is 15.8. The van der Waals surface area contributed by atoms with Crippen molar-refractivity contribution in [2.75, 3.05) is 31.6 Å². The van der Waals surface area contributed by atoms with Gasteiger partial charge in [0.15, 0.2) is 0 Å². The lowest BCUT2D eigenvalue weighted by molar-refractivity contribution is -0.131. The predicted octanol–water partition coefficient (Wildman–Crippen LogP) is 2.23. The quantitative estimate of drug-likeness (QED) is 0.861. The van der Waals surface area contributed by atoms with Crippen LogP contribution in [0.1, 0.15) is 18.9 Å². The van der Waals surface area contributed by atoms with Gasteiger partial charge in [0.25, 0.3) is 0 Å². The Kier molecular flexibility index (Phi) is 4.81. The summed E-state index contributed by atoms with van der Waals surface area (Å²) in [5, 5.41) is 0.590. The molecule has 122 valence electrons. The first-order valence-electron chi connectivity index (χ1n) is 7.71. The molecule has 0 spiro atoms. The number of nitrogens with zero attached hydrogens (tertiary/aromatic N) is 5. The van der Waals surface area contributed by atoms with E-state index in [4.69, 9.17) is 11.6 Å². The van der Waals surface area contributed by atoms with Crippen LogP contribution >= 0.6 is 11.6 Å². The number of aromatic nitrogens is 3. The molecular formula is C16H20ClN5O. The second kappa shape index (κ2) is 7.00. The van der Waals surface area contributed by atoms with E-state index >= 15 is 0 Å². The first-order chi connectivity index (χ1) is 11.1. The lowest BCUT2D eigenvalue weighted by Crippen LogP contribution is -2.45. The number of imidazole rings is 1. The molecule has 2 aromatic rings. The van der Waals surface area contributed by atoms with Gasteiger partial charge in [0.2, 0.25) is 5.91 Å². The Balaban J connectivity index is 1.60. The third kappa shape index (κ3) is 3.82. The zero-order valence-electron chi connectivity index (χ0n) is 13.1. The van der Waals surface area contributed by atoms with E-state index in [0.717, 1.165) is 31.7 Å². The zero-order chi connectivity index (χ0) is 16.2. The van der Waals surface area contributed by atoms with Crippen LogP contribution in [-0.4, -0.2) is 52.0 Å². The minimum Gasteiger partial charge on any atom is -0.350 e. The monoisotopic (exact) mass is 333 g/mol. The molecule has 0 aliphatic carbocycles. The first-order valence-corrected chi connectivity index (χ1v) is 8.09. The molecule has 23 heavy (non-hydrogen) atoms. The average molecular weight is 334 g/mol. The maximum atomic E-state index is 12.6. The number of anilines is 1. The zero-order valence-corrected chi connectivity index (χ0v) is 13.9. The van der Waals surface area contributed by atoms with Gasteiger partial charge in [0.1, 0.15) is 5.82 Å². The molecule has 7 heteroatoms. The summed E-state index contributed by atoms with van der Waals surface area (Å²) in [7, 11) is 1.87. The van der Waals surface area contributed by atoms with Gasteiger partial charge in [-0.3, -0.25) is 4.79 Å². The molecule has 1 saturated heterocycles. The maximum absolute atomic E-state index is 12.6. The Morgan fingerprint density at radius 2 is 2.35 bits per heavy atom. The molecule has 1 aliphatic heterocycles. The van der Waals surface area contributed by atoms with Crippen molar-refractivity contribution >= 4 is 23.3 Å². The van der Waals surface area contributed by atoms with Crippen LogP contribution < -0.4 is 4.90 Å². The number of hydrogen-bond donors (Lipinski definition) is 0. The van der Waals surface area contributed by atoms with Crippen molar-refractivity contribution in [1.82, 2.24) is 19.4 Å². The van der Waals surface area contributed by atoms with Gasteiger partial charge in [-0.05, 0) is 25.0 Å². The highest BCUT2D eigenvalue weighted by Crippen LogP contribution is 2.21. The molecule has 0 radical (unpaired) electrons. The van der Waals surface area contributed by atoms with Gasteiger partial charge in [-0.15, -0.1) is 0 Å². The van der Waals surface area contributed by atoms with Crippen LogP contribution in [0.15, 0.2) is 37.1 Å². The third-order valence-corrected chi connectivity index (χ3v) is 4.39. The van der Waals surface area contributed by atoms with E-state index < -0.39 is 0 Å². The molecule has 0 bridgehead atoms. The number of likely N-dealkylation sites (tertiary alicyclic amines) is 1. The molecular weight excluding hydrogens is 314 g/mol. The summed E-state index contributed by atoms with van der Waals surface area (Å²) in [6.45, 7) is 1.86. The highest BCUT2D eigenvalue weighted by molar-refractivity contribution is 6.30. The van der Waals surface area contributed by atoms with Gasteiger partial charge in [-0.25, -0.2) is 9.97 Å². The second-order valence-corrected chi connectivity index (χ2v) is 6.27. The number of likely N-dealkylation sites (N-methyl/N-ethyl adjacent to an activating group) is 1. The van der Waals surface area contributed by atoms with E-state index in [0.29, 0.717) is 17.6 Å². The summed E-state index contributed by atoms with van der Waals surface area (Å²) in [6.07, 6.45) is 9.24. The lowest BCUT2D eigenvalue weighted by atomic mass is 10.1. The number of hydrogen-bond acceptors (Lipinski definition) is 4. The fourth-order valence-corrected chi connectivity index (χ4v) is 3.00. The summed E-state index contributed by atoms with van der Waals surface area (Å²) in [5.41, 5.74) is 0. The lowest BCUT2D eigenvalue weighted by Gasteiger charge is -2.34. The Hall–Kier alpha value is -2.08. The minimum atomic E-state index is 0.120. The fourth-order valence-electron chi connectivity index (χ4n) is 2.89. The molecule has 6 nitrogen and oxygen atoms in total. The molecule has 3 rings (SSSR count). The summed E-state index contributed by atoms with van der Waals surface area (Å²) < 4.78 is 2.09. The summed E-state index contributed by atoms with van der Waals surface area (Å²) >= 11 is 5.85. The summed E-state index contributed by atoms with van der Waals surface area (Å²) in [5.74, 6) is 0.861. The van der Waals surface area contributed by atoms with Gasteiger partial charge in [0, 0.05) is 38.7 Å². The van der Waals surface area contributed by atoms with Crippen LogP contribution in [-0.2, 0) is 4.79 Å². The Morgan fingerprint density at radius 1 is 1.48 bits per heavy atom. The van der Waals surface area contributed by atoms with E-state index in [2.05, 4.69) is 14.5 Å². The molecule has 3 heterocycles. The van der Waals surface area contributed by atoms with Crippen LogP contribution in [0.2, 0.25) is 5.02 Å². The van der Waals surface area contributed by atoms with Crippen molar-refractivity contribution < 1.29 is 4.79 Å². The number of rotatable bonds is 4. The van der Waals surface area contributed by atoms with E-state index in [1.54, 1.807) is 18.5 Å². The van der Waals surface area contributed by atoms with Crippen molar-refractivity contribution in [2.45, 2.75) is 18.9 Å². The number of carbonyl (C=O) groups excluding carboxylic acids is 1. The van der Waals surface area contributed by atoms with Crippen LogP contribution in [0, 0.1) is 0 Å². The van der Waals surface area contributed by atoms with Gasteiger partial charge >= 0.3 is 0 Å². The van der Waals surface area contributed by atoms with E-state index in [1.165, 1.54) is 0 Å². The van der Waals surface area contributed by atoms with E-state index in [9.17, 15) is 4.79 Å². The second-order valence-electron chi connectivity index (χ2n) is 5.84. The standard InChI is InChI=1S/C16H20ClN5O/c1-20(15-5-4-13(17)9-19-15)11-16(23)21-7-2-3-14(10-21)22-8-6-18-12-22/h4-6,8-9,12,14H,2-3,7,10-11H2,1H3/t14-/m0/s1. The SMILES string of the molecule is CN(CC(=O)N1CCC[C@H](n2ccnc2)C1)c1ccc(Cl)cn1. The maximum Gasteiger partial charge on any atom is 0.242 e. The average Bonchev–Trinajstić information content (AvgIpc) is 3.10. The smallest absolute Gasteiger partial charge is 0.242 e. The molecule has 1 fully saturated rings. The molecule has 1 aliphatic rings. The van der Waals surface area contributed by atoms with Crippen LogP contribution in [0.4, 0.5) is 5.82 Å². The Morgan fingerprint density at radius 3 is 3.04 bits per heavy atom. The van der Waals surface area contributed by atoms with Gasteiger partial charge in [0.05, 0.1) is 23.9 Å². The summed E-state index contributed by atoms with van der Waals surface area (Å²) in [6, 6.07) is 3.91. The number of piperidine rings is 1. The van der Waals surface area contributed by atoms with Crippen molar-refractivity contribution in [3.05, 3.63) is 42.1 Å². The van der Waals surface area contributed by atoms with Gasteiger partial charge in [-0.2, -0.15) is 0 Å². The molecule has 1 atom stereocenters. The number of amides is 1. The van der Waals surface area contributed by atoms with E-state index in [1.807, 2.05) is 35.4 Å². The molecule has 2 aromatic heterocycles. The number of carbonyl (C=O) groups is 1. The Labute approximate surface area is 140 Å². The van der Waals surface area contributed by atoms with Crippen molar-refractivity contribution in [2.24, 2.45) is 0 Å². The highest BCUT2D eigenvalue weighted by Gasteiger charge is 2.25. The summed E-state index contributed by atoms with van der Waals surface area (Å²) in [4.78, 5) is 24.7. The predicted molar refractivity (Wildman–Crippen MR) is 89.6 cm³/mol. The molecule has 0 unspecified atom stereocenters. The largest absolute Gasteiger partial charge is 0.350 e.